The fraction of sp³-hybridized carbons (Fsp3) is 0.300. The minimum absolute atomic E-state index is 0.118. The maximum Gasteiger partial charge on any atom is 0.221 e. The Bertz CT molecular complexity index is 445. The first-order chi connectivity index (χ1) is 7.08. The molecule has 80 valence electrons. The Morgan fingerprint density at radius 3 is 2.93 bits per heavy atom. The topological polar surface area (TPSA) is 49.4 Å². The molecule has 1 unspecified atom stereocenters. The summed E-state index contributed by atoms with van der Waals surface area (Å²) >= 11 is 0. The van der Waals surface area contributed by atoms with Gasteiger partial charge < -0.3 is 10.2 Å². The van der Waals surface area contributed by atoms with Crippen LogP contribution in [0.25, 0.3) is 0 Å². The zero-order valence-corrected chi connectivity index (χ0v) is 9.43. The van der Waals surface area contributed by atoms with E-state index in [0.29, 0.717) is 11.6 Å². The zero-order valence-electron chi connectivity index (χ0n) is 8.61. The van der Waals surface area contributed by atoms with Crippen LogP contribution in [0, 0.1) is 0 Å². The van der Waals surface area contributed by atoms with Crippen LogP contribution in [0.15, 0.2) is 23.1 Å². The van der Waals surface area contributed by atoms with Crippen molar-refractivity contribution in [2.24, 2.45) is 0 Å². The average Bonchev–Trinajstić information content (AvgIpc) is 2.41. The Labute approximate surface area is 90.7 Å². The van der Waals surface area contributed by atoms with Crippen molar-refractivity contribution in [1.82, 2.24) is 0 Å². The van der Waals surface area contributed by atoms with Crippen LogP contribution in [0.1, 0.15) is 6.92 Å². The summed E-state index contributed by atoms with van der Waals surface area (Å²) in [6.45, 7) is 1.45. The Morgan fingerprint density at radius 2 is 2.27 bits per heavy atom. The predicted octanol–water partition coefficient (Wildman–Crippen LogP) is 1.16. The van der Waals surface area contributed by atoms with E-state index >= 15 is 0 Å². The summed E-state index contributed by atoms with van der Waals surface area (Å²) in [4.78, 5) is 13.6. The third-order valence-corrected chi connectivity index (χ3v) is 3.69. The molecule has 5 heteroatoms. The minimum Gasteiger partial charge on any atom is -0.361 e. The van der Waals surface area contributed by atoms with Crippen molar-refractivity contribution in [2.45, 2.75) is 11.8 Å². The molecule has 1 N–H and O–H groups in total. The fourth-order valence-electron chi connectivity index (χ4n) is 1.61. The third-order valence-electron chi connectivity index (χ3n) is 2.25. The molecule has 1 aromatic carbocycles. The van der Waals surface area contributed by atoms with E-state index in [1.54, 1.807) is 6.07 Å². The van der Waals surface area contributed by atoms with Gasteiger partial charge >= 0.3 is 0 Å². The number of carbonyl (C=O) groups excluding carboxylic acids is 1. The second-order valence-electron chi connectivity index (χ2n) is 3.54. The van der Waals surface area contributed by atoms with Gasteiger partial charge in [0.1, 0.15) is 0 Å². The van der Waals surface area contributed by atoms with Crippen molar-refractivity contribution < 1.29 is 9.00 Å². The first-order valence-electron chi connectivity index (χ1n) is 4.59. The lowest BCUT2D eigenvalue weighted by molar-refractivity contribution is -0.114. The second kappa shape index (κ2) is 3.66. The molecule has 2 rings (SSSR count). The first kappa shape index (κ1) is 10.2. The quantitative estimate of drug-likeness (QED) is 0.778. The van der Waals surface area contributed by atoms with Crippen molar-refractivity contribution in [3.63, 3.8) is 0 Å². The Kier molecular flexibility index (Phi) is 2.48. The molecule has 1 heterocycles. The lowest BCUT2D eigenvalue weighted by Crippen LogP contribution is -2.13. The largest absolute Gasteiger partial charge is 0.361 e. The molecule has 0 bridgehead atoms. The van der Waals surface area contributed by atoms with Gasteiger partial charge in [-0.25, -0.2) is 0 Å². The molecule has 1 aromatic rings. The predicted molar refractivity (Wildman–Crippen MR) is 60.4 cm³/mol. The highest BCUT2D eigenvalue weighted by atomic mass is 32.2. The molecule has 1 atom stereocenters. The van der Waals surface area contributed by atoms with Gasteiger partial charge in [0.25, 0.3) is 0 Å². The number of anilines is 2. The van der Waals surface area contributed by atoms with Gasteiger partial charge in [-0.3, -0.25) is 9.00 Å². The molecule has 4 nitrogen and oxygen atoms in total. The summed E-state index contributed by atoms with van der Waals surface area (Å²) in [6.07, 6.45) is 0. The van der Waals surface area contributed by atoms with E-state index in [2.05, 4.69) is 5.32 Å². The van der Waals surface area contributed by atoms with Gasteiger partial charge in [-0.1, -0.05) is 0 Å². The van der Waals surface area contributed by atoms with Crippen molar-refractivity contribution >= 4 is 28.1 Å². The zero-order chi connectivity index (χ0) is 11.0. The Morgan fingerprint density at radius 1 is 1.53 bits per heavy atom. The van der Waals surface area contributed by atoms with Crippen molar-refractivity contribution in [1.29, 1.82) is 0 Å². The van der Waals surface area contributed by atoms with E-state index in [4.69, 9.17) is 0 Å². The molecule has 0 spiro atoms. The molecule has 1 amide bonds. The van der Waals surface area contributed by atoms with Crippen LogP contribution in [-0.2, 0) is 15.6 Å². The molecule has 0 saturated heterocycles. The number of amides is 1. The molecule has 1 aliphatic rings. The molecule has 0 radical (unpaired) electrons. The number of nitrogens with zero attached hydrogens (tertiary/aromatic N) is 1. The maximum atomic E-state index is 11.7. The Balaban J connectivity index is 2.38. The summed E-state index contributed by atoms with van der Waals surface area (Å²) in [6, 6.07) is 5.47. The molecule has 0 fully saturated rings. The summed E-state index contributed by atoms with van der Waals surface area (Å²) in [5.74, 6) is 0.408. The summed E-state index contributed by atoms with van der Waals surface area (Å²) in [5, 5.41) is 2.68. The highest BCUT2D eigenvalue weighted by Crippen LogP contribution is 2.32. The summed E-state index contributed by atoms with van der Waals surface area (Å²) in [7, 11) is 0.926. The van der Waals surface area contributed by atoms with Crippen molar-refractivity contribution in [3.05, 3.63) is 18.2 Å². The van der Waals surface area contributed by atoms with Gasteiger partial charge in [0.15, 0.2) is 0 Å². The van der Waals surface area contributed by atoms with Gasteiger partial charge in [0, 0.05) is 19.7 Å². The molecule has 1 aliphatic heterocycles. The van der Waals surface area contributed by atoms with Crippen molar-refractivity contribution in [3.8, 4) is 0 Å². The van der Waals surface area contributed by atoms with Crippen LogP contribution < -0.4 is 10.2 Å². The number of rotatable bonds is 1. The first-order valence-corrected chi connectivity index (χ1v) is 5.91. The minimum atomic E-state index is -0.978. The van der Waals surface area contributed by atoms with E-state index in [0.717, 1.165) is 10.6 Å². The molecule has 15 heavy (non-hydrogen) atoms. The van der Waals surface area contributed by atoms with Gasteiger partial charge in [0.2, 0.25) is 5.91 Å². The summed E-state index contributed by atoms with van der Waals surface area (Å²) < 4.78 is 11.7. The van der Waals surface area contributed by atoms with Crippen LogP contribution in [0.3, 0.4) is 0 Å². The molecule has 0 aliphatic carbocycles. The van der Waals surface area contributed by atoms with Gasteiger partial charge in [-0.05, 0) is 18.2 Å². The normalized spacial score (nSPS) is 18.8. The number of fused-ring (bicyclic) bond motifs is 1. The van der Waals surface area contributed by atoms with E-state index < -0.39 is 10.8 Å². The number of hydrogen-bond acceptors (Lipinski definition) is 3. The third kappa shape index (κ3) is 1.87. The average molecular weight is 224 g/mol. The van der Waals surface area contributed by atoms with Crippen LogP contribution in [0.5, 0.6) is 0 Å². The molecular formula is C10H12N2O2S. The van der Waals surface area contributed by atoms with E-state index in [1.807, 2.05) is 24.1 Å². The van der Waals surface area contributed by atoms with Crippen LogP contribution in [0.2, 0.25) is 0 Å². The number of hydrogen-bond donors (Lipinski definition) is 1. The van der Waals surface area contributed by atoms with Gasteiger partial charge in [-0.15, -0.1) is 0 Å². The number of carbonyl (C=O) groups is 1. The monoisotopic (exact) mass is 224 g/mol. The van der Waals surface area contributed by atoms with Gasteiger partial charge in [0.05, 0.1) is 27.3 Å². The SMILES string of the molecule is CC(=O)Nc1ccc2c(c1)S(=O)CN2C. The Hall–Kier alpha value is -1.36. The van der Waals surface area contributed by atoms with Crippen LogP contribution >= 0.6 is 0 Å². The summed E-state index contributed by atoms with van der Waals surface area (Å²) in [5.41, 5.74) is 1.67. The van der Waals surface area contributed by atoms with Crippen LogP contribution in [-0.4, -0.2) is 23.0 Å². The lowest BCUT2D eigenvalue weighted by Gasteiger charge is -2.10. The smallest absolute Gasteiger partial charge is 0.221 e. The van der Waals surface area contributed by atoms with E-state index in [9.17, 15) is 9.00 Å². The molecular weight excluding hydrogens is 212 g/mol. The second-order valence-corrected chi connectivity index (χ2v) is 4.93. The highest BCUT2D eigenvalue weighted by Gasteiger charge is 2.22. The van der Waals surface area contributed by atoms with E-state index in [1.165, 1.54) is 6.92 Å². The number of nitrogens with one attached hydrogen (secondary N) is 1. The van der Waals surface area contributed by atoms with Crippen LogP contribution in [0.4, 0.5) is 11.4 Å². The highest BCUT2D eigenvalue weighted by molar-refractivity contribution is 7.85. The molecule has 0 aromatic heterocycles. The standard InChI is InChI=1S/C10H12N2O2S/c1-7(13)11-8-3-4-9-10(5-8)15(14)6-12(9)2/h3-5H,6H2,1-2H3,(H,11,13). The lowest BCUT2D eigenvalue weighted by atomic mass is 10.2. The number of benzene rings is 1. The maximum absolute atomic E-state index is 11.7. The van der Waals surface area contributed by atoms with E-state index in [-0.39, 0.29) is 5.91 Å². The fourth-order valence-corrected chi connectivity index (χ4v) is 2.95. The van der Waals surface area contributed by atoms with Gasteiger partial charge in [-0.2, -0.15) is 0 Å². The van der Waals surface area contributed by atoms with Crippen molar-refractivity contribution in [2.75, 3.05) is 23.1 Å². The molecule has 0 saturated carbocycles.